The molecule has 1 amide bonds. The highest BCUT2D eigenvalue weighted by Crippen LogP contribution is 2.45. The van der Waals surface area contributed by atoms with Crippen LogP contribution in [0.5, 0.6) is 0 Å². The molecule has 3 rings (SSSR count). The van der Waals surface area contributed by atoms with Crippen molar-refractivity contribution >= 4 is 30.1 Å². The van der Waals surface area contributed by atoms with Crippen molar-refractivity contribution in [2.75, 3.05) is 13.2 Å². The van der Waals surface area contributed by atoms with E-state index in [1.165, 1.54) is 10.4 Å². The van der Waals surface area contributed by atoms with Gasteiger partial charge in [-0.25, -0.2) is 4.79 Å². The summed E-state index contributed by atoms with van der Waals surface area (Å²) in [5, 5.41) is 9.57. The van der Waals surface area contributed by atoms with E-state index < -0.39 is 5.60 Å². The number of piperidine rings is 1. The van der Waals surface area contributed by atoms with Crippen molar-refractivity contribution in [3.8, 4) is 0 Å². The Morgan fingerprint density at radius 3 is 2.65 bits per heavy atom. The number of amides is 1. The fourth-order valence-corrected chi connectivity index (χ4v) is 5.98. The van der Waals surface area contributed by atoms with E-state index in [2.05, 4.69) is 19.1 Å². The van der Waals surface area contributed by atoms with Gasteiger partial charge in [0.25, 0.3) is 0 Å². The molecule has 1 aliphatic heterocycles. The molecule has 0 aliphatic carbocycles. The van der Waals surface area contributed by atoms with Crippen LogP contribution in [-0.2, 0) is 23.0 Å². The van der Waals surface area contributed by atoms with Gasteiger partial charge in [0.2, 0.25) is 0 Å². The van der Waals surface area contributed by atoms with Crippen molar-refractivity contribution in [2.24, 2.45) is 0 Å². The maximum Gasteiger partial charge on any atom is 0.410 e. The monoisotopic (exact) mass is 439 g/mol. The molecule has 1 aromatic carbocycles. The molecule has 31 heavy (non-hydrogen) atoms. The van der Waals surface area contributed by atoms with Gasteiger partial charge in [-0.2, -0.15) is 11.3 Å². The molecule has 0 bridgehead atoms. The molecule has 2 atom stereocenters. The van der Waals surface area contributed by atoms with Crippen LogP contribution in [0, 0.1) is 0 Å². The maximum absolute atomic E-state index is 13.1. The molecular weight excluding hydrogens is 405 g/mol. The summed E-state index contributed by atoms with van der Waals surface area (Å²) < 4.78 is 6.55. The molecule has 2 heterocycles. The van der Waals surface area contributed by atoms with Crippen LogP contribution in [0.2, 0.25) is 0 Å². The Kier molecular flexibility index (Phi) is 7.53. The number of aliphatic hydroxyl groups excluding tert-OH is 1. The predicted molar refractivity (Wildman–Crippen MR) is 129 cm³/mol. The summed E-state index contributed by atoms with van der Waals surface area (Å²) in [6.45, 7) is 8.71. The Morgan fingerprint density at radius 1 is 1.32 bits per heavy atom. The Hall–Kier alpha value is -1.79. The van der Waals surface area contributed by atoms with Gasteiger partial charge in [0.05, 0.1) is 0 Å². The van der Waals surface area contributed by atoms with Crippen LogP contribution in [0.3, 0.4) is 0 Å². The molecule has 6 heteroatoms. The molecule has 166 valence electrons. The number of likely N-dealkylation sites (tertiary alicyclic amines) is 1. The first kappa shape index (κ1) is 23.9. The number of carbonyl (C=O) groups is 1. The second-order valence-corrected chi connectivity index (χ2v) is 10.7. The number of hydrogen-bond acceptors (Lipinski definition) is 4. The molecule has 1 N–H and O–H groups in total. The second-order valence-electron chi connectivity index (χ2n) is 9.58. The van der Waals surface area contributed by atoms with Crippen molar-refractivity contribution in [1.82, 2.24) is 4.90 Å². The third-order valence-corrected chi connectivity index (χ3v) is 7.46. The van der Waals surface area contributed by atoms with Gasteiger partial charge in [0, 0.05) is 29.5 Å². The van der Waals surface area contributed by atoms with Crippen LogP contribution in [0.1, 0.15) is 63.0 Å². The van der Waals surface area contributed by atoms with Crippen molar-refractivity contribution in [3.63, 3.8) is 0 Å². The van der Waals surface area contributed by atoms with Crippen molar-refractivity contribution in [1.29, 1.82) is 0 Å². The van der Waals surface area contributed by atoms with Crippen LogP contribution < -0.4 is 4.78 Å². The van der Waals surface area contributed by atoms with E-state index in [-0.39, 0.29) is 24.2 Å². The minimum Gasteiger partial charge on any atom is -0.444 e. The topological polar surface area (TPSA) is 49.8 Å². The molecule has 2 unspecified atom stereocenters. The highest BCUT2D eigenvalue weighted by atomic mass is 32.1. The Labute approximate surface area is 192 Å². The predicted octanol–water partition coefficient (Wildman–Crippen LogP) is 4.37. The fraction of sp³-hybridized carbons (Fsp3) is 0.560. The standard InChI is InChI=1S/C25H34BNO3S/c1-5-25(22-19(11-14-28)16-21(26)31-22)12-13-27(23(29)30-24(2,3)4)20(17-25)15-18-9-7-6-8-10-18/h6-10,16,20,28H,5,11-15,17H2,1-4H3. The van der Waals surface area contributed by atoms with E-state index in [0.717, 1.165) is 36.0 Å². The molecular formula is C25H34BNO3S. The molecule has 0 saturated carbocycles. The highest BCUT2D eigenvalue weighted by Gasteiger charge is 2.44. The van der Waals surface area contributed by atoms with E-state index in [9.17, 15) is 9.90 Å². The Morgan fingerprint density at radius 2 is 2.03 bits per heavy atom. The Balaban J connectivity index is 1.94. The summed E-state index contributed by atoms with van der Waals surface area (Å²) in [6, 6.07) is 12.4. The molecule has 4 nitrogen and oxygen atoms in total. The molecule has 0 spiro atoms. The highest BCUT2D eigenvalue weighted by molar-refractivity contribution is 7.20. The zero-order valence-electron chi connectivity index (χ0n) is 19.2. The number of carbonyl (C=O) groups excluding carboxylic acids is 1. The molecule has 2 aromatic rings. The summed E-state index contributed by atoms with van der Waals surface area (Å²) in [5.41, 5.74) is 1.79. The molecule has 1 aromatic heterocycles. The zero-order chi connectivity index (χ0) is 22.6. The first-order valence-corrected chi connectivity index (χ1v) is 12.0. The van der Waals surface area contributed by atoms with Crippen molar-refractivity contribution < 1.29 is 14.6 Å². The van der Waals surface area contributed by atoms with Crippen LogP contribution in [0.15, 0.2) is 36.4 Å². The third kappa shape index (κ3) is 5.72. The van der Waals surface area contributed by atoms with E-state index in [0.29, 0.717) is 13.0 Å². The van der Waals surface area contributed by atoms with Gasteiger partial charge >= 0.3 is 6.09 Å². The zero-order valence-corrected chi connectivity index (χ0v) is 20.0. The number of hydrogen-bond donors (Lipinski definition) is 1. The smallest absolute Gasteiger partial charge is 0.410 e. The lowest BCUT2D eigenvalue weighted by molar-refractivity contribution is 0.00117. The lowest BCUT2D eigenvalue weighted by atomic mass is 9.70. The SMILES string of the molecule is [B]c1cc(CCO)c(C2(CC)CCN(C(=O)OC(C)(C)C)C(Cc3ccccc3)C2)s1. The van der Waals surface area contributed by atoms with Gasteiger partial charge in [0.15, 0.2) is 0 Å². The third-order valence-electron chi connectivity index (χ3n) is 6.21. The van der Waals surface area contributed by atoms with Gasteiger partial charge in [-0.15, -0.1) is 0 Å². The lowest BCUT2D eigenvalue weighted by Gasteiger charge is -2.47. The van der Waals surface area contributed by atoms with Crippen LogP contribution in [0.4, 0.5) is 4.79 Å². The van der Waals surface area contributed by atoms with Crippen LogP contribution >= 0.6 is 11.3 Å². The number of thiophene rings is 1. The van der Waals surface area contributed by atoms with E-state index in [1.807, 2.05) is 49.9 Å². The number of rotatable bonds is 6. The van der Waals surface area contributed by atoms with Gasteiger partial charge < -0.3 is 14.7 Å². The quantitative estimate of drug-likeness (QED) is 0.681. The van der Waals surface area contributed by atoms with Crippen LogP contribution in [-0.4, -0.2) is 48.7 Å². The fourth-order valence-electron chi connectivity index (χ4n) is 4.70. The molecule has 1 saturated heterocycles. The van der Waals surface area contributed by atoms with Crippen molar-refractivity contribution in [3.05, 3.63) is 52.4 Å². The number of nitrogens with zero attached hydrogens (tertiary/aromatic N) is 1. The van der Waals surface area contributed by atoms with Gasteiger partial charge in [-0.1, -0.05) is 43.3 Å². The number of aliphatic hydroxyl groups is 1. The Bertz CT molecular complexity index is 877. The average Bonchev–Trinajstić information content (AvgIpc) is 3.08. The van der Waals surface area contributed by atoms with Crippen molar-refractivity contribution in [2.45, 2.75) is 76.9 Å². The van der Waals surface area contributed by atoms with Gasteiger partial charge in [-0.05, 0) is 68.8 Å². The van der Waals surface area contributed by atoms with E-state index >= 15 is 0 Å². The summed E-state index contributed by atoms with van der Waals surface area (Å²) in [5.74, 6) is 0. The summed E-state index contributed by atoms with van der Waals surface area (Å²) in [4.78, 5) is 16.3. The first-order chi connectivity index (χ1) is 14.7. The summed E-state index contributed by atoms with van der Waals surface area (Å²) in [7, 11) is 6.19. The van der Waals surface area contributed by atoms with Gasteiger partial charge in [0.1, 0.15) is 13.4 Å². The van der Waals surface area contributed by atoms with Gasteiger partial charge in [-0.3, -0.25) is 0 Å². The van der Waals surface area contributed by atoms with E-state index in [4.69, 9.17) is 12.6 Å². The second kappa shape index (κ2) is 9.78. The molecule has 1 fully saturated rings. The number of ether oxygens (including phenoxy) is 1. The normalized spacial score (nSPS) is 21.8. The van der Waals surface area contributed by atoms with Crippen LogP contribution in [0.25, 0.3) is 0 Å². The molecule has 2 radical (unpaired) electrons. The summed E-state index contributed by atoms with van der Waals surface area (Å²) >= 11 is 1.64. The first-order valence-electron chi connectivity index (χ1n) is 11.2. The average molecular weight is 439 g/mol. The summed E-state index contributed by atoms with van der Waals surface area (Å²) in [6.07, 6.45) is 3.86. The minimum atomic E-state index is -0.524. The van der Waals surface area contributed by atoms with E-state index in [1.54, 1.807) is 11.3 Å². The minimum absolute atomic E-state index is 0.0382. The largest absolute Gasteiger partial charge is 0.444 e. The lowest BCUT2D eigenvalue weighted by Crippen LogP contribution is -2.53. The molecule has 1 aliphatic rings. The maximum atomic E-state index is 13.1. The number of benzene rings is 1.